The van der Waals surface area contributed by atoms with Crippen LogP contribution in [0.15, 0.2) is 12.3 Å². The van der Waals surface area contributed by atoms with E-state index in [1.165, 1.54) is 0 Å². The summed E-state index contributed by atoms with van der Waals surface area (Å²) in [5, 5.41) is 8.74. The fourth-order valence-electron chi connectivity index (χ4n) is 1.90. The standard InChI is InChI=1S/C11H14N2O3/c14-10-3-1-2-4-13(10)7-8-5-9(11(15)16)12-6-8/h5-6,12H,1-4,7H2,(H,15,16). The number of carboxylic acids is 1. The molecule has 0 spiro atoms. The molecule has 0 unspecified atom stereocenters. The maximum Gasteiger partial charge on any atom is 0.352 e. The number of hydrogen-bond acceptors (Lipinski definition) is 2. The highest BCUT2D eigenvalue weighted by molar-refractivity contribution is 5.85. The summed E-state index contributed by atoms with van der Waals surface area (Å²) in [6.07, 6.45) is 4.24. The number of amides is 1. The number of hydrogen-bond donors (Lipinski definition) is 2. The van der Waals surface area contributed by atoms with Crippen molar-refractivity contribution in [2.45, 2.75) is 25.8 Å². The third kappa shape index (κ3) is 2.24. The van der Waals surface area contributed by atoms with Crippen LogP contribution in [0.25, 0.3) is 0 Å². The van der Waals surface area contributed by atoms with Crippen molar-refractivity contribution in [2.24, 2.45) is 0 Å². The predicted octanol–water partition coefficient (Wildman–Crippen LogP) is 1.23. The molecule has 1 aromatic heterocycles. The Morgan fingerprint density at radius 3 is 2.94 bits per heavy atom. The van der Waals surface area contributed by atoms with Crippen LogP contribution < -0.4 is 0 Å². The Kier molecular flexibility index (Phi) is 2.94. The summed E-state index contributed by atoms with van der Waals surface area (Å²) in [6, 6.07) is 1.57. The van der Waals surface area contributed by atoms with Crippen molar-refractivity contribution in [3.63, 3.8) is 0 Å². The lowest BCUT2D eigenvalue weighted by molar-refractivity contribution is -0.133. The van der Waals surface area contributed by atoms with E-state index in [-0.39, 0.29) is 11.6 Å². The van der Waals surface area contributed by atoms with Gasteiger partial charge in [-0.3, -0.25) is 4.79 Å². The highest BCUT2D eigenvalue weighted by Gasteiger charge is 2.18. The number of aromatic amines is 1. The van der Waals surface area contributed by atoms with Crippen LogP contribution in [0.2, 0.25) is 0 Å². The molecule has 1 amide bonds. The van der Waals surface area contributed by atoms with Crippen LogP contribution in [0.5, 0.6) is 0 Å². The van der Waals surface area contributed by atoms with Crippen LogP contribution in [-0.4, -0.2) is 33.4 Å². The zero-order chi connectivity index (χ0) is 11.5. The van der Waals surface area contributed by atoms with E-state index >= 15 is 0 Å². The second-order valence-corrected chi connectivity index (χ2v) is 4.00. The Labute approximate surface area is 93.1 Å². The minimum absolute atomic E-state index is 0.157. The van der Waals surface area contributed by atoms with Crippen molar-refractivity contribution in [1.29, 1.82) is 0 Å². The second kappa shape index (κ2) is 4.38. The maximum absolute atomic E-state index is 11.5. The van der Waals surface area contributed by atoms with Crippen molar-refractivity contribution >= 4 is 11.9 Å². The van der Waals surface area contributed by atoms with Gasteiger partial charge in [0.2, 0.25) is 5.91 Å². The van der Waals surface area contributed by atoms with Crippen molar-refractivity contribution in [3.05, 3.63) is 23.5 Å². The zero-order valence-electron chi connectivity index (χ0n) is 8.90. The number of nitrogens with zero attached hydrogens (tertiary/aromatic N) is 1. The third-order valence-corrected chi connectivity index (χ3v) is 2.77. The number of carboxylic acid groups (broad SMARTS) is 1. The van der Waals surface area contributed by atoms with Gasteiger partial charge in [-0.05, 0) is 24.5 Å². The average molecular weight is 222 g/mol. The summed E-state index contributed by atoms with van der Waals surface area (Å²) in [6.45, 7) is 1.27. The van der Waals surface area contributed by atoms with Gasteiger partial charge in [0.05, 0.1) is 0 Å². The number of rotatable bonds is 3. The first kappa shape index (κ1) is 10.7. The minimum atomic E-state index is -0.976. The summed E-state index contributed by atoms with van der Waals surface area (Å²) in [7, 11) is 0. The maximum atomic E-state index is 11.5. The Morgan fingerprint density at radius 2 is 2.31 bits per heavy atom. The number of aromatic carboxylic acids is 1. The molecule has 2 heterocycles. The van der Waals surface area contributed by atoms with Crippen molar-refractivity contribution < 1.29 is 14.7 Å². The predicted molar refractivity (Wildman–Crippen MR) is 57.0 cm³/mol. The van der Waals surface area contributed by atoms with Gasteiger partial charge in [0.1, 0.15) is 5.69 Å². The fraction of sp³-hybridized carbons (Fsp3) is 0.455. The third-order valence-electron chi connectivity index (χ3n) is 2.77. The minimum Gasteiger partial charge on any atom is -0.477 e. The lowest BCUT2D eigenvalue weighted by atomic mass is 10.1. The fourth-order valence-corrected chi connectivity index (χ4v) is 1.90. The number of nitrogens with one attached hydrogen (secondary N) is 1. The molecule has 0 aromatic carbocycles. The highest BCUT2D eigenvalue weighted by Crippen LogP contribution is 2.14. The SMILES string of the molecule is O=C(O)c1cc(CN2CCCCC2=O)c[nH]1. The molecule has 0 atom stereocenters. The van der Waals surface area contributed by atoms with Gasteiger partial charge < -0.3 is 15.0 Å². The summed E-state index contributed by atoms with van der Waals surface area (Å²) in [5.41, 5.74) is 1.01. The van der Waals surface area contributed by atoms with E-state index in [4.69, 9.17) is 5.11 Å². The summed E-state index contributed by atoms with van der Waals surface area (Å²) in [5.74, 6) is -0.819. The molecular weight excluding hydrogens is 208 g/mol. The number of carbonyl (C=O) groups is 2. The van der Waals surface area contributed by atoms with Crippen LogP contribution >= 0.6 is 0 Å². The van der Waals surface area contributed by atoms with Gasteiger partial charge in [0, 0.05) is 25.7 Å². The number of likely N-dealkylation sites (tertiary alicyclic amines) is 1. The number of piperidine rings is 1. The second-order valence-electron chi connectivity index (χ2n) is 4.00. The molecule has 5 heteroatoms. The van der Waals surface area contributed by atoms with Crippen molar-refractivity contribution in [3.8, 4) is 0 Å². The van der Waals surface area contributed by atoms with Crippen LogP contribution in [0.3, 0.4) is 0 Å². The molecule has 86 valence electrons. The molecule has 2 rings (SSSR count). The smallest absolute Gasteiger partial charge is 0.352 e. The van der Waals surface area contributed by atoms with E-state index < -0.39 is 5.97 Å². The molecular formula is C11H14N2O3. The largest absolute Gasteiger partial charge is 0.477 e. The molecule has 2 N–H and O–H groups in total. The van der Waals surface area contributed by atoms with Gasteiger partial charge in [-0.25, -0.2) is 4.79 Å². The van der Waals surface area contributed by atoms with E-state index in [1.54, 1.807) is 17.2 Å². The van der Waals surface area contributed by atoms with E-state index in [1.807, 2.05) is 0 Å². The molecule has 0 saturated carbocycles. The molecule has 1 aliphatic rings. The molecule has 1 aliphatic heterocycles. The van der Waals surface area contributed by atoms with Crippen LogP contribution in [0, 0.1) is 0 Å². The van der Waals surface area contributed by atoms with Crippen LogP contribution in [0.1, 0.15) is 35.3 Å². The van der Waals surface area contributed by atoms with E-state index in [0.29, 0.717) is 13.0 Å². The molecule has 5 nitrogen and oxygen atoms in total. The first-order valence-electron chi connectivity index (χ1n) is 5.35. The van der Waals surface area contributed by atoms with Gasteiger partial charge in [-0.2, -0.15) is 0 Å². The molecule has 16 heavy (non-hydrogen) atoms. The Balaban J connectivity index is 2.02. The monoisotopic (exact) mass is 222 g/mol. The van der Waals surface area contributed by atoms with Gasteiger partial charge in [0.25, 0.3) is 0 Å². The Bertz CT molecular complexity index is 411. The number of carbonyl (C=O) groups excluding carboxylic acids is 1. The molecule has 1 aromatic rings. The zero-order valence-corrected chi connectivity index (χ0v) is 8.90. The Morgan fingerprint density at radius 1 is 1.50 bits per heavy atom. The van der Waals surface area contributed by atoms with Crippen LogP contribution in [-0.2, 0) is 11.3 Å². The first-order chi connectivity index (χ1) is 7.66. The summed E-state index contributed by atoms with van der Waals surface area (Å²) < 4.78 is 0. The van der Waals surface area contributed by atoms with E-state index in [2.05, 4.69) is 4.98 Å². The van der Waals surface area contributed by atoms with Crippen LogP contribution in [0.4, 0.5) is 0 Å². The first-order valence-corrected chi connectivity index (χ1v) is 5.35. The molecule has 1 fully saturated rings. The van der Waals surface area contributed by atoms with E-state index in [9.17, 15) is 9.59 Å². The van der Waals surface area contributed by atoms with E-state index in [0.717, 1.165) is 24.9 Å². The molecule has 0 bridgehead atoms. The summed E-state index contributed by atoms with van der Waals surface area (Å²) >= 11 is 0. The molecule has 0 radical (unpaired) electrons. The average Bonchev–Trinajstić information content (AvgIpc) is 2.70. The lowest BCUT2D eigenvalue weighted by Crippen LogP contribution is -2.34. The topological polar surface area (TPSA) is 73.4 Å². The quantitative estimate of drug-likeness (QED) is 0.807. The van der Waals surface area contributed by atoms with Gasteiger partial charge in [-0.1, -0.05) is 0 Å². The number of H-pyrrole nitrogens is 1. The summed E-state index contributed by atoms with van der Waals surface area (Å²) in [4.78, 5) is 26.6. The van der Waals surface area contributed by atoms with Crippen molar-refractivity contribution in [1.82, 2.24) is 9.88 Å². The lowest BCUT2D eigenvalue weighted by Gasteiger charge is -2.26. The van der Waals surface area contributed by atoms with Gasteiger partial charge in [-0.15, -0.1) is 0 Å². The molecule has 1 saturated heterocycles. The number of aromatic nitrogens is 1. The van der Waals surface area contributed by atoms with Gasteiger partial charge >= 0.3 is 5.97 Å². The highest BCUT2D eigenvalue weighted by atomic mass is 16.4. The van der Waals surface area contributed by atoms with Gasteiger partial charge in [0.15, 0.2) is 0 Å². The normalized spacial score (nSPS) is 16.5. The Hall–Kier alpha value is -1.78. The van der Waals surface area contributed by atoms with Crippen molar-refractivity contribution in [2.75, 3.05) is 6.54 Å². The molecule has 0 aliphatic carbocycles.